The van der Waals surface area contributed by atoms with E-state index in [1.165, 1.54) is 12.1 Å². The molecule has 1 rings (SSSR count). The van der Waals surface area contributed by atoms with Crippen molar-refractivity contribution in [3.63, 3.8) is 0 Å². The Kier molecular flexibility index (Phi) is 4.92. The van der Waals surface area contributed by atoms with Crippen molar-refractivity contribution in [1.29, 1.82) is 0 Å². The number of carboxylic acid groups (broad SMARTS) is 2. The van der Waals surface area contributed by atoms with E-state index in [-0.39, 0.29) is 5.69 Å². The summed E-state index contributed by atoms with van der Waals surface area (Å²) in [6, 6.07) is 3.83. The van der Waals surface area contributed by atoms with E-state index < -0.39 is 34.2 Å². The lowest BCUT2D eigenvalue weighted by molar-refractivity contribution is -0.384. The lowest BCUT2D eigenvalue weighted by Gasteiger charge is -2.06. The van der Waals surface area contributed by atoms with Crippen LogP contribution < -0.4 is 0 Å². The molecule has 0 bridgehead atoms. The normalized spacial score (nSPS) is 12.8. The van der Waals surface area contributed by atoms with Crippen molar-refractivity contribution in [1.82, 2.24) is 0 Å². The average molecular weight is 345 g/mol. The lowest BCUT2D eigenvalue weighted by atomic mass is 10.1. The second kappa shape index (κ2) is 6.24. The Balaban J connectivity index is 3.42. The maximum atomic E-state index is 11.0. The summed E-state index contributed by atoms with van der Waals surface area (Å²) in [6.45, 7) is 1.14. The standard InChI is InChI=1S/C11H9BrN2O6/c1-5(10(15)16)9(11(17)18)13-7-3-2-6(12)4-8(7)14(19)20/h2-5H,1H3,(H,15,16)(H,17,18). The number of carboxylic acids is 2. The number of halogens is 1. The van der Waals surface area contributed by atoms with Crippen LogP contribution in [-0.2, 0) is 9.59 Å². The molecule has 0 heterocycles. The zero-order valence-electron chi connectivity index (χ0n) is 10.1. The van der Waals surface area contributed by atoms with Crippen molar-refractivity contribution in [3.05, 3.63) is 32.8 Å². The van der Waals surface area contributed by atoms with E-state index in [4.69, 9.17) is 10.2 Å². The van der Waals surface area contributed by atoms with Crippen LogP contribution in [0, 0.1) is 16.0 Å². The van der Waals surface area contributed by atoms with Gasteiger partial charge >= 0.3 is 11.9 Å². The highest BCUT2D eigenvalue weighted by atomic mass is 79.9. The Morgan fingerprint density at radius 1 is 1.40 bits per heavy atom. The molecule has 0 aliphatic heterocycles. The molecule has 2 N–H and O–H groups in total. The van der Waals surface area contributed by atoms with Crippen LogP contribution in [0.2, 0.25) is 0 Å². The monoisotopic (exact) mass is 344 g/mol. The number of rotatable bonds is 5. The summed E-state index contributed by atoms with van der Waals surface area (Å²) in [5, 5.41) is 28.7. The molecule has 1 aromatic rings. The fourth-order valence-corrected chi connectivity index (χ4v) is 1.66. The first kappa shape index (κ1) is 15.8. The van der Waals surface area contributed by atoms with Gasteiger partial charge in [0.2, 0.25) is 0 Å². The minimum Gasteiger partial charge on any atom is -0.481 e. The number of hydrogen-bond acceptors (Lipinski definition) is 5. The highest BCUT2D eigenvalue weighted by molar-refractivity contribution is 9.10. The van der Waals surface area contributed by atoms with Crippen molar-refractivity contribution in [2.75, 3.05) is 0 Å². The van der Waals surface area contributed by atoms with Gasteiger partial charge in [0.25, 0.3) is 5.69 Å². The van der Waals surface area contributed by atoms with E-state index in [0.717, 1.165) is 13.0 Å². The van der Waals surface area contributed by atoms with Gasteiger partial charge in [0.05, 0.1) is 4.92 Å². The molecule has 0 aliphatic carbocycles. The second-order valence-electron chi connectivity index (χ2n) is 3.75. The number of aliphatic carboxylic acids is 2. The first-order valence-corrected chi connectivity index (χ1v) is 6.02. The Bertz CT molecular complexity index is 613. The molecule has 0 aliphatic rings. The maximum absolute atomic E-state index is 11.0. The van der Waals surface area contributed by atoms with Gasteiger partial charge in [-0.15, -0.1) is 0 Å². The fraction of sp³-hybridized carbons (Fsp3) is 0.182. The summed E-state index contributed by atoms with van der Waals surface area (Å²) in [4.78, 5) is 35.6. The molecule has 106 valence electrons. The molecule has 0 amide bonds. The van der Waals surface area contributed by atoms with Crippen LogP contribution in [-0.4, -0.2) is 32.8 Å². The fourth-order valence-electron chi connectivity index (χ4n) is 1.31. The molecule has 8 nitrogen and oxygen atoms in total. The highest BCUT2D eigenvalue weighted by Gasteiger charge is 2.26. The lowest BCUT2D eigenvalue weighted by Crippen LogP contribution is -2.27. The summed E-state index contributed by atoms with van der Waals surface area (Å²) in [7, 11) is 0. The summed E-state index contributed by atoms with van der Waals surface area (Å²) < 4.78 is 0.423. The average Bonchev–Trinajstić information content (AvgIpc) is 2.35. The number of nitrogens with zero attached hydrogens (tertiary/aromatic N) is 2. The molecule has 1 unspecified atom stereocenters. The van der Waals surface area contributed by atoms with Crippen molar-refractivity contribution >= 4 is 45.0 Å². The first-order chi connectivity index (χ1) is 9.23. The van der Waals surface area contributed by atoms with Gasteiger partial charge < -0.3 is 10.2 Å². The van der Waals surface area contributed by atoms with E-state index in [0.29, 0.717) is 4.47 Å². The van der Waals surface area contributed by atoms with Gasteiger partial charge in [-0.2, -0.15) is 0 Å². The number of benzene rings is 1. The summed E-state index contributed by atoms with van der Waals surface area (Å²) in [5.74, 6) is -4.32. The molecule has 0 saturated carbocycles. The molecule has 0 radical (unpaired) electrons. The van der Waals surface area contributed by atoms with Crippen molar-refractivity contribution in [3.8, 4) is 0 Å². The van der Waals surface area contributed by atoms with Crippen molar-refractivity contribution in [2.24, 2.45) is 10.9 Å². The van der Waals surface area contributed by atoms with Crippen LogP contribution in [0.3, 0.4) is 0 Å². The van der Waals surface area contributed by atoms with E-state index in [2.05, 4.69) is 20.9 Å². The van der Waals surface area contributed by atoms with Gasteiger partial charge in [-0.05, 0) is 19.1 Å². The molecular formula is C11H9BrN2O6. The molecule has 0 saturated heterocycles. The minimum absolute atomic E-state index is 0.219. The highest BCUT2D eigenvalue weighted by Crippen LogP contribution is 2.31. The van der Waals surface area contributed by atoms with Crippen LogP contribution in [0.4, 0.5) is 11.4 Å². The van der Waals surface area contributed by atoms with Gasteiger partial charge in [0.15, 0.2) is 0 Å². The molecule has 20 heavy (non-hydrogen) atoms. The molecule has 0 spiro atoms. The maximum Gasteiger partial charge on any atom is 0.351 e. The second-order valence-corrected chi connectivity index (χ2v) is 4.67. The molecular weight excluding hydrogens is 336 g/mol. The predicted octanol–water partition coefficient (Wildman–Crippen LogP) is 2.24. The topological polar surface area (TPSA) is 130 Å². The predicted molar refractivity (Wildman–Crippen MR) is 72.3 cm³/mol. The Labute approximate surface area is 121 Å². The SMILES string of the molecule is CC(C(=O)O)C(=Nc1ccc(Br)cc1[N+](=O)[O-])C(=O)O. The van der Waals surface area contributed by atoms with Gasteiger partial charge in [0.1, 0.15) is 17.3 Å². The number of hydrogen-bond donors (Lipinski definition) is 2. The Hall–Kier alpha value is -2.29. The van der Waals surface area contributed by atoms with Crippen LogP contribution >= 0.6 is 15.9 Å². The van der Waals surface area contributed by atoms with Crippen LogP contribution in [0.15, 0.2) is 27.7 Å². The molecule has 1 atom stereocenters. The van der Waals surface area contributed by atoms with Gasteiger partial charge in [-0.25, -0.2) is 9.79 Å². The van der Waals surface area contributed by atoms with Crippen LogP contribution in [0.1, 0.15) is 6.92 Å². The summed E-state index contributed by atoms with van der Waals surface area (Å²) in [5.41, 5.74) is -1.32. The largest absolute Gasteiger partial charge is 0.481 e. The number of aliphatic imine (C=N–C) groups is 1. The molecule has 1 aromatic carbocycles. The van der Waals surface area contributed by atoms with Crippen molar-refractivity contribution < 1.29 is 24.7 Å². The van der Waals surface area contributed by atoms with Gasteiger partial charge in [-0.3, -0.25) is 14.9 Å². The number of nitro groups is 1. The summed E-state index contributed by atoms with van der Waals surface area (Å²) >= 11 is 3.05. The van der Waals surface area contributed by atoms with E-state index >= 15 is 0 Å². The first-order valence-electron chi connectivity index (χ1n) is 5.22. The van der Waals surface area contributed by atoms with E-state index in [9.17, 15) is 19.7 Å². The third kappa shape index (κ3) is 3.60. The molecule has 0 aromatic heterocycles. The Morgan fingerprint density at radius 2 is 2.00 bits per heavy atom. The van der Waals surface area contributed by atoms with Gasteiger partial charge in [0, 0.05) is 10.5 Å². The van der Waals surface area contributed by atoms with Gasteiger partial charge in [-0.1, -0.05) is 15.9 Å². The zero-order chi connectivity index (χ0) is 15.4. The smallest absolute Gasteiger partial charge is 0.351 e. The van der Waals surface area contributed by atoms with Crippen LogP contribution in [0.25, 0.3) is 0 Å². The third-order valence-corrected chi connectivity index (χ3v) is 2.87. The Morgan fingerprint density at radius 3 is 2.45 bits per heavy atom. The number of carbonyl (C=O) groups is 2. The summed E-state index contributed by atoms with van der Waals surface area (Å²) in [6.07, 6.45) is 0. The molecule has 9 heteroatoms. The number of nitro benzene ring substituents is 1. The van der Waals surface area contributed by atoms with E-state index in [1.54, 1.807) is 0 Å². The molecule has 0 fully saturated rings. The van der Waals surface area contributed by atoms with E-state index in [1.807, 2.05) is 0 Å². The zero-order valence-corrected chi connectivity index (χ0v) is 11.7. The third-order valence-electron chi connectivity index (χ3n) is 2.37. The quantitative estimate of drug-likeness (QED) is 0.478. The van der Waals surface area contributed by atoms with Crippen LogP contribution in [0.5, 0.6) is 0 Å². The minimum atomic E-state index is -1.54. The van der Waals surface area contributed by atoms with Crippen molar-refractivity contribution in [2.45, 2.75) is 6.92 Å².